The van der Waals surface area contributed by atoms with E-state index in [4.69, 9.17) is 9.47 Å². The van der Waals surface area contributed by atoms with Gasteiger partial charge < -0.3 is 24.3 Å². The molecule has 3 aromatic rings. The van der Waals surface area contributed by atoms with Crippen molar-refractivity contribution in [1.82, 2.24) is 4.57 Å². The maximum absolute atomic E-state index is 11.5. The molecule has 0 aliphatic rings. The van der Waals surface area contributed by atoms with Gasteiger partial charge in [0, 0.05) is 41.8 Å². The van der Waals surface area contributed by atoms with E-state index in [-0.39, 0.29) is 25.7 Å². The zero-order valence-corrected chi connectivity index (χ0v) is 19.4. The number of aryl methyl sites for hydroxylation is 1. The topological polar surface area (TPSA) is 80.9 Å². The number of hydrogen-bond acceptors (Lipinski definition) is 5. The number of aliphatic hydroxyl groups excluding tert-OH is 2. The van der Waals surface area contributed by atoms with E-state index in [1.165, 1.54) is 5.56 Å². The van der Waals surface area contributed by atoms with Crippen LogP contribution < -0.4 is 4.74 Å². The Labute approximate surface area is 195 Å². The first-order chi connectivity index (χ1) is 15.9. The number of carbonyl (C=O) groups excluding carboxylic acids is 1. The Morgan fingerprint density at radius 2 is 1.85 bits per heavy atom. The van der Waals surface area contributed by atoms with E-state index in [0.29, 0.717) is 24.2 Å². The maximum Gasteiger partial charge on any atom is 0.333 e. The zero-order valence-electron chi connectivity index (χ0n) is 19.4. The quantitative estimate of drug-likeness (QED) is 0.311. The molecule has 6 heteroatoms. The Morgan fingerprint density at radius 1 is 1.09 bits per heavy atom. The molecule has 2 N–H and O–H groups in total. The highest BCUT2D eigenvalue weighted by molar-refractivity contribution is 5.88. The number of esters is 1. The summed E-state index contributed by atoms with van der Waals surface area (Å²) in [5.41, 5.74) is 3.73. The van der Waals surface area contributed by atoms with E-state index in [0.717, 1.165) is 23.1 Å². The van der Waals surface area contributed by atoms with Crippen molar-refractivity contribution in [3.8, 4) is 17.0 Å². The predicted molar refractivity (Wildman–Crippen MR) is 130 cm³/mol. The fourth-order valence-corrected chi connectivity index (χ4v) is 3.76. The summed E-state index contributed by atoms with van der Waals surface area (Å²) in [6.45, 7) is 8.19. The van der Waals surface area contributed by atoms with E-state index in [2.05, 4.69) is 36.3 Å². The van der Waals surface area contributed by atoms with Crippen LogP contribution in [0.5, 0.6) is 5.75 Å². The molecule has 2 aromatic carbocycles. The lowest BCUT2D eigenvalue weighted by Gasteiger charge is -2.17. The van der Waals surface area contributed by atoms with Gasteiger partial charge in [-0.25, -0.2) is 4.79 Å². The van der Waals surface area contributed by atoms with Gasteiger partial charge >= 0.3 is 5.97 Å². The molecule has 176 valence electrons. The summed E-state index contributed by atoms with van der Waals surface area (Å²) in [5.74, 6) is -0.00780. The number of nitrogens with zero attached hydrogens (tertiary/aromatic N) is 1. The highest BCUT2D eigenvalue weighted by Gasteiger charge is 2.15. The first-order valence-corrected chi connectivity index (χ1v) is 11.4. The van der Waals surface area contributed by atoms with Gasteiger partial charge in [-0.15, -0.1) is 0 Å². The zero-order chi connectivity index (χ0) is 23.8. The van der Waals surface area contributed by atoms with Gasteiger partial charge in [0.25, 0.3) is 0 Å². The standard InChI is InChI=1S/C27H33NO5/c1-4-28-25(21-8-6-5-7-9-21)14-22-11-13-24(15-26(22)28)32-18-23(30)12-10-20(16-29)17-33-27(31)19(2)3/h5-9,11,13-15,20,23,29-30H,2,4,10,12,16-18H2,1,3H3. The van der Waals surface area contributed by atoms with E-state index in [1.807, 2.05) is 36.4 Å². The fourth-order valence-electron chi connectivity index (χ4n) is 3.76. The first kappa shape index (κ1) is 24.6. The molecule has 1 aromatic heterocycles. The third-order valence-corrected chi connectivity index (χ3v) is 5.67. The molecule has 0 aliphatic heterocycles. The summed E-state index contributed by atoms with van der Waals surface area (Å²) >= 11 is 0. The normalized spacial score (nSPS) is 13.0. The molecule has 3 rings (SSSR count). The highest BCUT2D eigenvalue weighted by atomic mass is 16.5. The van der Waals surface area contributed by atoms with Crippen LogP contribution in [0.3, 0.4) is 0 Å². The molecule has 2 atom stereocenters. The van der Waals surface area contributed by atoms with Crippen LogP contribution in [0.4, 0.5) is 0 Å². The van der Waals surface area contributed by atoms with Crippen LogP contribution in [0.25, 0.3) is 22.2 Å². The molecule has 0 spiro atoms. The van der Waals surface area contributed by atoms with Crippen LogP contribution in [0, 0.1) is 5.92 Å². The molecule has 2 unspecified atom stereocenters. The molecule has 0 amide bonds. The lowest BCUT2D eigenvalue weighted by Crippen LogP contribution is -2.22. The number of benzene rings is 2. The number of fused-ring (bicyclic) bond motifs is 1. The van der Waals surface area contributed by atoms with Crippen LogP contribution >= 0.6 is 0 Å². The van der Waals surface area contributed by atoms with Crippen molar-refractivity contribution in [3.63, 3.8) is 0 Å². The largest absolute Gasteiger partial charge is 0.491 e. The first-order valence-electron chi connectivity index (χ1n) is 11.4. The van der Waals surface area contributed by atoms with Crippen molar-refractivity contribution in [2.75, 3.05) is 19.8 Å². The molecule has 0 saturated heterocycles. The van der Waals surface area contributed by atoms with Gasteiger partial charge in [-0.3, -0.25) is 0 Å². The Bertz CT molecular complexity index is 1070. The van der Waals surface area contributed by atoms with Crippen LogP contribution in [-0.4, -0.2) is 46.7 Å². The third-order valence-electron chi connectivity index (χ3n) is 5.67. The van der Waals surface area contributed by atoms with Crippen LogP contribution in [-0.2, 0) is 16.1 Å². The average Bonchev–Trinajstić information content (AvgIpc) is 3.21. The Balaban J connectivity index is 1.58. The number of aromatic nitrogens is 1. The molecule has 6 nitrogen and oxygen atoms in total. The monoisotopic (exact) mass is 451 g/mol. The molecule has 0 aliphatic carbocycles. The molecule has 0 radical (unpaired) electrons. The van der Waals surface area contributed by atoms with Crippen LogP contribution in [0.2, 0.25) is 0 Å². The Kier molecular flexibility index (Phi) is 8.69. The molecule has 33 heavy (non-hydrogen) atoms. The molecular weight excluding hydrogens is 418 g/mol. The summed E-state index contributed by atoms with van der Waals surface area (Å²) in [6.07, 6.45) is 0.258. The number of ether oxygens (including phenoxy) is 2. The third kappa shape index (κ3) is 6.46. The van der Waals surface area contributed by atoms with E-state index in [9.17, 15) is 15.0 Å². The second kappa shape index (κ2) is 11.7. The average molecular weight is 452 g/mol. The molecule has 0 bridgehead atoms. The lowest BCUT2D eigenvalue weighted by atomic mass is 10.0. The number of rotatable bonds is 12. The predicted octanol–water partition coefficient (Wildman–Crippen LogP) is 4.58. The summed E-state index contributed by atoms with van der Waals surface area (Å²) in [6, 6.07) is 18.4. The van der Waals surface area contributed by atoms with Gasteiger partial charge in [0.1, 0.15) is 12.4 Å². The highest BCUT2D eigenvalue weighted by Crippen LogP contribution is 2.30. The van der Waals surface area contributed by atoms with Gasteiger partial charge in [0.15, 0.2) is 0 Å². The Morgan fingerprint density at radius 3 is 2.52 bits per heavy atom. The summed E-state index contributed by atoms with van der Waals surface area (Å²) in [4.78, 5) is 11.5. The number of carbonyl (C=O) groups is 1. The molecule has 1 heterocycles. The fraction of sp³-hybridized carbons (Fsp3) is 0.370. The van der Waals surface area contributed by atoms with E-state index >= 15 is 0 Å². The minimum atomic E-state index is -0.690. The number of hydrogen-bond donors (Lipinski definition) is 2. The minimum Gasteiger partial charge on any atom is -0.491 e. The molecular formula is C27H33NO5. The summed E-state index contributed by atoms with van der Waals surface area (Å²) in [7, 11) is 0. The SMILES string of the molecule is C=C(C)C(=O)OCC(CO)CCC(O)COc1ccc2cc(-c3ccccc3)n(CC)c2c1. The van der Waals surface area contributed by atoms with Gasteiger partial charge in [-0.2, -0.15) is 0 Å². The van der Waals surface area contributed by atoms with E-state index < -0.39 is 12.1 Å². The van der Waals surface area contributed by atoms with E-state index in [1.54, 1.807) is 6.92 Å². The molecule has 0 fully saturated rings. The van der Waals surface area contributed by atoms with Gasteiger partial charge in [-0.1, -0.05) is 36.9 Å². The van der Waals surface area contributed by atoms with Gasteiger partial charge in [0.05, 0.1) is 18.2 Å². The van der Waals surface area contributed by atoms with Gasteiger partial charge in [-0.05, 0) is 50.5 Å². The second-order valence-electron chi connectivity index (χ2n) is 8.33. The van der Waals surface area contributed by atoms with Crippen molar-refractivity contribution in [1.29, 1.82) is 0 Å². The second-order valence-corrected chi connectivity index (χ2v) is 8.33. The van der Waals surface area contributed by atoms with Crippen molar-refractivity contribution in [3.05, 3.63) is 66.7 Å². The van der Waals surface area contributed by atoms with Crippen molar-refractivity contribution in [2.24, 2.45) is 5.92 Å². The number of aliphatic hydroxyl groups is 2. The van der Waals surface area contributed by atoms with Crippen molar-refractivity contribution < 1.29 is 24.5 Å². The van der Waals surface area contributed by atoms with Gasteiger partial charge in [0.2, 0.25) is 0 Å². The van der Waals surface area contributed by atoms with Crippen LogP contribution in [0.15, 0.2) is 66.7 Å². The summed E-state index contributed by atoms with van der Waals surface area (Å²) in [5, 5.41) is 21.0. The van der Waals surface area contributed by atoms with Crippen LogP contribution in [0.1, 0.15) is 26.7 Å². The maximum atomic E-state index is 11.5. The summed E-state index contributed by atoms with van der Waals surface area (Å²) < 4.78 is 13.2. The minimum absolute atomic E-state index is 0.101. The Hall–Kier alpha value is -3.09. The molecule has 0 saturated carbocycles. The van der Waals surface area contributed by atoms with Crippen molar-refractivity contribution >= 4 is 16.9 Å². The lowest BCUT2D eigenvalue weighted by molar-refractivity contribution is -0.140. The van der Waals surface area contributed by atoms with Crippen molar-refractivity contribution in [2.45, 2.75) is 39.3 Å². The smallest absolute Gasteiger partial charge is 0.333 e.